The van der Waals surface area contributed by atoms with Crippen LogP contribution in [0.1, 0.15) is 24.6 Å². The van der Waals surface area contributed by atoms with Gasteiger partial charge in [0.25, 0.3) is 11.8 Å². The highest BCUT2D eigenvalue weighted by Gasteiger charge is 2.46. The van der Waals surface area contributed by atoms with E-state index in [0.29, 0.717) is 12.4 Å². The fourth-order valence-corrected chi connectivity index (χ4v) is 3.99. The van der Waals surface area contributed by atoms with Crippen molar-refractivity contribution in [3.05, 3.63) is 47.5 Å². The largest absolute Gasteiger partial charge is 0.481 e. The summed E-state index contributed by atoms with van der Waals surface area (Å²) in [4.78, 5) is 29.8. The van der Waals surface area contributed by atoms with Crippen molar-refractivity contribution >= 4 is 23.6 Å². The lowest BCUT2D eigenvalue weighted by molar-refractivity contribution is -0.148. The van der Waals surface area contributed by atoms with Gasteiger partial charge in [-0.05, 0) is 12.0 Å². The van der Waals surface area contributed by atoms with Gasteiger partial charge in [0.2, 0.25) is 11.8 Å². The smallest absolute Gasteiger partial charge is 0.419 e. The average Bonchev–Trinajstić information content (AvgIpc) is 2.84. The zero-order valence-corrected chi connectivity index (χ0v) is 20.3. The Labute approximate surface area is 209 Å². The highest BCUT2D eigenvalue weighted by molar-refractivity contribution is 6.18. The Balaban J connectivity index is 1.91. The maximum Gasteiger partial charge on any atom is 0.419 e. The highest BCUT2D eigenvalue weighted by Crippen LogP contribution is 2.35. The fraction of sp³-hybridized carbons (Fsp3) is 0.435. The number of allylic oxidation sites excluding steroid dienone is 1. The topological polar surface area (TPSA) is 119 Å². The van der Waals surface area contributed by atoms with E-state index in [2.05, 4.69) is 25.3 Å². The Morgan fingerprint density at radius 1 is 1.32 bits per heavy atom. The second-order valence-electron chi connectivity index (χ2n) is 8.49. The molecule has 9 nitrogen and oxygen atoms in total. The molecule has 1 saturated heterocycles. The molecule has 37 heavy (non-hydrogen) atoms. The molecule has 1 unspecified atom stereocenters. The van der Waals surface area contributed by atoms with Crippen molar-refractivity contribution in [1.29, 1.82) is 0 Å². The second kappa shape index (κ2) is 11.0. The number of nitrogens with two attached hydrogens (primary N) is 1. The SMILES string of the molecule is CN=CC(=C(N)C(=O)N1CC(F)(F)C[C@@H](C)C1CNc1ncc(C(F)(F)F)cn1)c1cccc(OC)n1. The molecule has 2 aromatic rings. The molecule has 0 aliphatic carbocycles. The van der Waals surface area contributed by atoms with Crippen LogP contribution in [0.4, 0.5) is 27.9 Å². The van der Waals surface area contributed by atoms with Crippen LogP contribution in [0, 0.1) is 5.92 Å². The first-order chi connectivity index (χ1) is 17.4. The molecule has 2 aromatic heterocycles. The van der Waals surface area contributed by atoms with Gasteiger partial charge in [0, 0.05) is 50.3 Å². The molecule has 1 fully saturated rings. The predicted octanol–water partition coefficient (Wildman–Crippen LogP) is 3.25. The molecule has 14 heteroatoms. The van der Waals surface area contributed by atoms with Crippen molar-refractivity contribution in [2.75, 3.05) is 32.6 Å². The molecule has 1 aliphatic rings. The molecular weight excluding hydrogens is 501 g/mol. The van der Waals surface area contributed by atoms with Gasteiger partial charge in [-0.15, -0.1) is 0 Å². The number of alkyl halides is 5. The van der Waals surface area contributed by atoms with E-state index >= 15 is 0 Å². The number of carbonyl (C=O) groups excluding carboxylic acids is 1. The maximum atomic E-state index is 14.5. The Morgan fingerprint density at radius 3 is 2.59 bits per heavy atom. The molecule has 0 saturated carbocycles. The maximum absolute atomic E-state index is 14.5. The third-order valence-corrected chi connectivity index (χ3v) is 5.78. The number of aliphatic imine (C=N–C) groups is 1. The van der Waals surface area contributed by atoms with E-state index in [1.807, 2.05) is 0 Å². The molecule has 0 aromatic carbocycles. The quantitative estimate of drug-likeness (QED) is 0.322. The Morgan fingerprint density at radius 2 is 2.00 bits per heavy atom. The number of piperidine rings is 1. The molecule has 1 aliphatic heterocycles. The van der Waals surface area contributed by atoms with E-state index in [4.69, 9.17) is 10.5 Å². The van der Waals surface area contributed by atoms with Crippen LogP contribution in [0.3, 0.4) is 0 Å². The molecule has 0 radical (unpaired) electrons. The summed E-state index contributed by atoms with van der Waals surface area (Å²) in [6.07, 6.45) is -2.60. The first kappa shape index (κ1) is 27.7. The van der Waals surface area contributed by atoms with Crippen molar-refractivity contribution in [1.82, 2.24) is 19.9 Å². The van der Waals surface area contributed by atoms with Crippen LogP contribution in [0.15, 0.2) is 41.3 Å². The molecular formula is C23H26F5N7O2. The van der Waals surface area contributed by atoms with E-state index in [-0.39, 0.29) is 35.3 Å². The predicted molar refractivity (Wildman–Crippen MR) is 126 cm³/mol. The van der Waals surface area contributed by atoms with Crippen LogP contribution in [0.2, 0.25) is 0 Å². The third-order valence-electron chi connectivity index (χ3n) is 5.78. The molecule has 3 heterocycles. The van der Waals surface area contributed by atoms with Gasteiger partial charge in [0.1, 0.15) is 5.70 Å². The van der Waals surface area contributed by atoms with Crippen LogP contribution >= 0.6 is 0 Å². The highest BCUT2D eigenvalue weighted by atomic mass is 19.4. The van der Waals surface area contributed by atoms with E-state index in [1.165, 1.54) is 20.4 Å². The Bertz CT molecular complexity index is 1170. The minimum Gasteiger partial charge on any atom is -0.481 e. The van der Waals surface area contributed by atoms with Gasteiger partial charge < -0.3 is 20.7 Å². The van der Waals surface area contributed by atoms with Crippen LogP contribution in [-0.2, 0) is 11.0 Å². The minimum atomic E-state index is -4.60. The molecule has 0 bridgehead atoms. The Hall–Kier alpha value is -3.84. The van der Waals surface area contributed by atoms with Gasteiger partial charge >= 0.3 is 6.18 Å². The number of carbonyl (C=O) groups is 1. The normalized spacial score (nSPS) is 20.5. The lowest BCUT2D eigenvalue weighted by Gasteiger charge is -2.43. The minimum absolute atomic E-state index is 0.101. The number of pyridine rings is 1. The van der Waals surface area contributed by atoms with Gasteiger partial charge in [-0.25, -0.2) is 23.7 Å². The van der Waals surface area contributed by atoms with Crippen molar-refractivity contribution in [3.63, 3.8) is 0 Å². The number of amides is 1. The second-order valence-corrected chi connectivity index (χ2v) is 8.49. The summed E-state index contributed by atoms with van der Waals surface area (Å²) in [5.74, 6) is -4.64. The molecule has 1 amide bonds. The van der Waals surface area contributed by atoms with Crippen molar-refractivity contribution < 1.29 is 31.5 Å². The number of methoxy groups -OCH3 is 1. The molecule has 3 rings (SSSR count). The fourth-order valence-electron chi connectivity index (χ4n) is 3.99. The molecule has 0 spiro atoms. The Kier molecular flexibility index (Phi) is 8.28. The molecule has 200 valence electrons. The number of anilines is 1. The number of nitrogens with zero attached hydrogens (tertiary/aromatic N) is 5. The summed E-state index contributed by atoms with van der Waals surface area (Å²) >= 11 is 0. The van der Waals surface area contributed by atoms with Gasteiger partial charge in [0.15, 0.2) is 0 Å². The number of nitrogens with one attached hydrogen (secondary N) is 1. The van der Waals surface area contributed by atoms with E-state index in [0.717, 1.165) is 4.90 Å². The summed E-state index contributed by atoms with van der Waals surface area (Å²) < 4.78 is 72.5. The van der Waals surface area contributed by atoms with Crippen LogP contribution in [0.5, 0.6) is 5.88 Å². The summed E-state index contributed by atoms with van der Waals surface area (Å²) in [7, 11) is 2.86. The number of likely N-dealkylation sites (tertiary alicyclic amines) is 1. The number of hydrogen-bond acceptors (Lipinski definition) is 8. The van der Waals surface area contributed by atoms with Crippen LogP contribution < -0.4 is 15.8 Å². The summed E-state index contributed by atoms with van der Waals surface area (Å²) in [6, 6.07) is 3.97. The van der Waals surface area contributed by atoms with Crippen molar-refractivity contribution in [2.45, 2.75) is 31.5 Å². The van der Waals surface area contributed by atoms with Gasteiger partial charge in [-0.1, -0.05) is 13.0 Å². The summed E-state index contributed by atoms with van der Waals surface area (Å²) in [6.45, 7) is 0.542. The number of aromatic nitrogens is 3. The van der Waals surface area contributed by atoms with E-state index in [9.17, 15) is 26.7 Å². The van der Waals surface area contributed by atoms with Gasteiger partial charge in [0.05, 0.1) is 31.0 Å². The third kappa shape index (κ3) is 6.68. The van der Waals surface area contributed by atoms with E-state index in [1.54, 1.807) is 25.1 Å². The average molecular weight is 527 g/mol. The zero-order valence-electron chi connectivity index (χ0n) is 20.3. The van der Waals surface area contributed by atoms with Crippen LogP contribution in [-0.4, -0.2) is 71.2 Å². The summed E-state index contributed by atoms with van der Waals surface area (Å²) in [5.41, 5.74) is 5.16. The van der Waals surface area contributed by atoms with Gasteiger partial charge in [-0.3, -0.25) is 9.79 Å². The number of rotatable bonds is 7. The number of ether oxygens (including phenoxy) is 1. The first-order valence-corrected chi connectivity index (χ1v) is 11.1. The number of halogens is 5. The lowest BCUT2D eigenvalue weighted by atomic mass is 9.88. The first-order valence-electron chi connectivity index (χ1n) is 11.1. The monoisotopic (exact) mass is 527 g/mol. The summed E-state index contributed by atoms with van der Waals surface area (Å²) in [5, 5.41) is 2.74. The molecule has 2 atom stereocenters. The number of hydrogen-bond donors (Lipinski definition) is 2. The van der Waals surface area contributed by atoms with Crippen LogP contribution in [0.25, 0.3) is 5.57 Å². The molecule has 3 N–H and O–H groups in total. The van der Waals surface area contributed by atoms with Crippen molar-refractivity contribution in [2.24, 2.45) is 16.6 Å². The van der Waals surface area contributed by atoms with E-state index < -0.39 is 48.5 Å². The van der Waals surface area contributed by atoms with Gasteiger partial charge in [-0.2, -0.15) is 13.2 Å². The lowest BCUT2D eigenvalue weighted by Crippen LogP contribution is -2.58. The zero-order chi connectivity index (χ0) is 27.4. The standard InChI is InChI=1S/C23H26F5N7O2/c1-13-7-22(24,25)12-35(17(13)11-33-21-31-8-14(9-32-21)23(26,27)28)20(36)19(29)15(10-30-2)16-5-4-6-18(34-16)37-3/h4-6,8-10,13,17H,7,11-12,29H2,1-3H3,(H,31,32,33)/t13-,17?/m1/s1. The van der Waals surface area contributed by atoms with Crippen molar-refractivity contribution in [3.8, 4) is 5.88 Å².